The van der Waals surface area contributed by atoms with Crippen molar-refractivity contribution < 1.29 is 19.9 Å². The molecule has 154 valence electrons. The number of nitrogens with one attached hydrogen (secondary N) is 1. The molecule has 0 aliphatic carbocycles. The van der Waals surface area contributed by atoms with Crippen molar-refractivity contribution in [2.24, 2.45) is 5.10 Å². The van der Waals surface area contributed by atoms with Crippen LogP contribution in [-0.2, 0) is 11.2 Å². The number of aliphatic carboxylic acids is 1. The number of carboxylic acids is 1. The van der Waals surface area contributed by atoms with Gasteiger partial charge in [0.1, 0.15) is 5.71 Å². The van der Waals surface area contributed by atoms with Crippen molar-refractivity contribution in [1.29, 1.82) is 0 Å². The molecule has 1 aromatic heterocycles. The third kappa shape index (κ3) is 5.03. The Morgan fingerprint density at radius 2 is 2.00 bits per heavy atom. The van der Waals surface area contributed by atoms with Gasteiger partial charge in [-0.15, -0.1) is 11.3 Å². The predicted molar refractivity (Wildman–Crippen MR) is 115 cm³/mol. The fourth-order valence-corrected chi connectivity index (χ4v) is 3.37. The number of hydrogen-bond acceptors (Lipinski definition) is 8. The Bertz CT molecular complexity index is 1170. The average Bonchev–Trinajstić information content (AvgIpc) is 3.17. The Balaban J connectivity index is 1.78. The highest BCUT2D eigenvalue weighted by molar-refractivity contribution is 7.14. The molecule has 3 aromatic rings. The van der Waals surface area contributed by atoms with Gasteiger partial charge in [-0.3, -0.25) is 15.5 Å². The van der Waals surface area contributed by atoms with Gasteiger partial charge in [-0.1, -0.05) is 35.3 Å². The fourth-order valence-electron chi connectivity index (χ4n) is 2.41. The van der Waals surface area contributed by atoms with Crippen molar-refractivity contribution in [2.45, 2.75) is 6.42 Å². The van der Waals surface area contributed by atoms with Crippen molar-refractivity contribution >= 4 is 57.0 Å². The molecule has 0 aliphatic rings. The van der Waals surface area contributed by atoms with E-state index in [4.69, 9.17) is 23.2 Å². The second kappa shape index (κ2) is 9.08. The van der Waals surface area contributed by atoms with Crippen LogP contribution in [-0.4, -0.2) is 31.8 Å². The molecule has 0 radical (unpaired) electrons. The number of halogens is 2. The Kier molecular flexibility index (Phi) is 6.50. The Morgan fingerprint density at radius 1 is 1.23 bits per heavy atom. The van der Waals surface area contributed by atoms with E-state index in [1.54, 1.807) is 23.6 Å². The van der Waals surface area contributed by atoms with E-state index in [0.29, 0.717) is 26.4 Å². The van der Waals surface area contributed by atoms with Gasteiger partial charge < -0.3 is 10.2 Å². The lowest BCUT2D eigenvalue weighted by molar-refractivity contribution is -0.385. The Labute approximate surface area is 183 Å². The van der Waals surface area contributed by atoms with Gasteiger partial charge in [-0.2, -0.15) is 5.10 Å². The number of phenols is 1. The molecule has 0 amide bonds. The molecule has 0 saturated carbocycles. The number of thiazole rings is 1. The summed E-state index contributed by atoms with van der Waals surface area (Å²) in [6.07, 6.45) is -0.200. The van der Waals surface area contributed by atoms with Crippen molar-refractivity contribution in [3.05, 3.63) is 67.5 Å². The van der Waals surface area contributed by atoms with Gasteiger partial charge in [-0.25, -0.2) is 9.78 Å². The number of aromatic hydroxyl groups is 1. The number of rotatable bonds is 7. The highest BCUT2D eigenvalue weighted by Crippen LogP contribution is 2.30. The molecule has 12 heteroatoms. The molecule has 30 heavy (non-hydrogen) atoms. The molecule has 0 fully saturated rings. The molecule has 0 saturated heterocycles. The Hall–Kier alpha value is -3.21. The monoisotopic (exact) mass is 466 g/mol. The molecular weight excluding hydrogens is 455 g/mol. The summed E-state index contributed by atoms with van der Waals surface area (Å²) >= 11 is 13.1. The highest BCUT2D eigenvalue weighted by atomic mass is 35.5. The SMILES string of the molecule is O=C(O)/C(Cc1ccc(O)c([N+](=O)[O-])c1)=N\Nc1nc(-c2ccc(Cl)c(Cl)c2)cs1. The van der Waals surface area contributed by atoms with Crippen molar-refractivity contribution in [3.63, 3.8) is 0 Å². The predicted octanol–water partition coefficient (Wildman–Crippen LogP) is 4.83. The molecule has 9 nitrogen and oxygen atoms in total. The van der Waals surface area contributed by atoms with Gasteiger partial charge in [0, 0.05) is 23.4 Å². The van der Waals surface area contributed by atoms with Crippen molar-refractivity contribution in [3.8, 4) is 17.0 Å². The number of phenolic OH excluding ortho intramolecular Hbond substituents is 1. The number of anilines is 1. The fraction of sp³-hybridized carbons (Fsp3) is 0.0556. The number of nitro groups is 1. The van der Waals surface area contributed by atoms with Crippen LogP contribution in [0.3, 0.4) is 0 Å². The van der Waals surface area contributed by atoms with Crippen LogP contribution in [0, 0.1) is 10.1 Å². The minimum absolute atomic E-state index is 0.200. The lowest BCUT2D eigenvalue weighted by Crippen LogP contribution is -2.17. The topological polar surface area (TPSA) is 138 Å². The average molecular weight is 467 g/mol. The Morgan fingerprint density at radius 3 is 2.67 bits per heavy atom. The number of aromatic nitrogens is 1. The van der Waals surface area contributed by atoms with E-state index in [2.05, 4.69) is 15.5 Å². The van der Waals surface area contributed by atoms with Gasteiger partial charge in [0.15, 0.2) is 5.75 Å². The molecule has 0 unspecified atom stereocenters. The van der Waals surface area contributed by atoms with Crippen LogP contribution in [0.4, 0.5) is 10.8 Å². The van der Waals surface area contributed by atoms with Crippen LogP contribution in [0.5, 0.6) is 5.75 Å². The number of carbonyl (C=O) groups is 1. The zero-order chi connectivity index (χ0) is 21.8. The van der Waals surface area contributed by atoms with E-state index in [9.17, 15) is 25.1 Å². The number of nitro benzene ring substituents is 1. The first kappa shape index (κ1) is 21.5. The van der Waals surface area contributed by atoms with Crippen molar-refractivity contribution in [1.82, 2.24) is 4.98 Å². The minimum atomic E-state index is -1.31. The first-order valence-electron chi connectivity index (χ1n) is 8.17. The van der Waals surface area contributed by atoms with E-state index in [1.807, 2.05) is 0 Å². The summed E-state index contributed by atoms with van der Waals surface area (Å²) in [7, 11) is 0. The summed E-state index contributed by atoms with van der Waals surface area (Å²) in [5.74, 6) is -1.81. The van der Waals surface area contributed by atoms with E-state index < -0.39 is 22.3 Å². The second-order valence-electron chi connectivity index (χ2n) is 5.90. The van der Waals surface area contributed by atoms with Crippen molar-refractivity contribution in [2.75, 3.05) is 5.43 Å². The van der Waals surface area contributed by atoms with Crippen LogP contribution in [0.2, 0.25) is 10.0 Å². The quantitative estimate of drug-likeness (QED) is 0.257. The van der Waals surface area contributed by atoms with E-state index >= 15 is 0 Å². The zero-order valence-corrected chi connectivity index (χ0v) is 17.2. The summed E-state index contributed by atoms with van der Waals surface area (Å²) in [6, 6.07) is 8.66. The van der Waals surface area contributed by atoms with Crippen LogP contribution in [0.15, 0.2) is 46.9 Å². The lowest BCUT2D eigenvalue weighted by atomic mass is 10.1. The van der Waals surface area contributed by atoms with Gasteiger partial charge >= 0.3 is 11.7 Å². The lowest BCUT2D eigenvalue weighted by Gasteiger charge is -2.04. The van der Waals surface area contributed by atoms with Gasteiger partial charge in [0.05, 0.1) is 20.7 Å². The second-order valence-corrected chi connectivity index (χ2v) is 7.57. The standard InChI is InChI=1S/C18H12Cl2N4O5S/c19-11-3-2-10(7-12(11)20)14-8-30-18(21-14)23-22-13(17(26)27)5-9-1-4-16(25)15(6-9)24(28)29/h1-4,6-8,25H,5H2,(H,21,23)(H,26,27)/b22-13-. The first-order valence-corrected chi connectivity index (χ1v) is 9.81. The van der Waals surface area contributed by atoms with Crippen LogP contribution in [0.25, 0.3) is 11.3 Å². The first-order chi connectivity index (χ1) is 14.2. The van der Waals surface area contributed by atoms with Gasteiger partial charge in [-0.05, 0) is 23.8 Å². The molecule has 3 rings (SSSR count). The number of benzene rings is 2. The summed E-state index contributed by atoms with van der Waals surface area (Å²) in [5.41, 5.74) is 3.41. The third-order valence-corrected chi connectivity index (χ3v) is 5.35. The van der Waals surface area contributed by atoms with E-state index in [-0.39, 0.29) is 12.1 Å². The van der Waals surface area contributed by atoms with Crippen LogP contribution < -0.4 is 5.43 Å². The van der Waals surface area contributed by atoms with E-state index in [1.165, 1.54) is 17.4 Å². The molecule has 2 aromatic carbocycles. The molecule has 0 spiro atoms. The van der Waals surface area contributed by atoms with Crippen LogP contribution in [0.1, 0.15) is 5.56 Å². The summed E-state index contributed by atoms with van der Waals surface area (Å²) in [5, 5.41) is 36.6. The number of carboxylic acid groups (broad SMARTS) is 1. The number of nitrogens with zero attached hydrogens (tertiary/aromatic N) is 3. The molecule has 1 heterocycles. The highest BCUT2D eigenvalue weighted by Gasteiger charge is 2.17. The molecular formula is C18H12Cl2N4O5S. The number of hydrogen-bond donors (Lipinski definition) is 3. The largest absolute Gasteiger partial charge is 0.502 e. The molecule has 0 bridgehead atoms. The third-order valence-electron chi connectivity index (χ3n) is 3.86. The summed E-state index contributed by atoms with van der Waals surface area (Å²) in [6.45, 7) is 0. The maximum atomic E-state index is 11.5. The summed E-state index contributed by atoms with van der Waals surface area (Å²) < 4.78 is 0. The molecule has 0 aliphatic heterocycles. The summed E-state index contributed by atoms with van der Waals surface area (Å²) in [4.78, 5) is 26.0. The van der Waals surface area contributed by atoms with Gasteiger partial charge in [0.2, 0.25) is 5.13 Å². The van der Waals surface area contributed by atoms with E-state index in [0.717, 1.165) is 17.7 Å². The number of hydrazone groups is 1. The smallest absolute Gasteiger partial charge is 0.352 e. The molecule has 3 N–H and O–H groups in total. The maximum absolute atomic E-state index is 11.5. The molecule has 0 atom stereocenters. The normalized spacial score (nSPS) is 11.3. The zero-order valence-electron chi connectivity index (χ0n) is 14.9. The van der Waals surface area contributed by atoms with Gasteiger partial charge in [0.25, 0.3) is 0 Å². The van der Waals surface area contributed by atoms with Crippen LogP contribution >= 0.6 is 34.5 Å². The minimum Gasteiger partial charge on any atom is -0.502 e. The maximum Gasteiger partial charge on any atom is 0.352 e.